The molecule has 24 rings (SSSR count). The van der Waals surface area contributed by atoms with E-state index < -0.39 is 0 Å². The smallest absolute Gasteiger partial charge is 0.0848 e. The molecule has 0 heteroatoms. The molecule has 0 nitrogen and oxygen atoms in total. The number of hydrogen-bond acceptors (Lipinski definition) is 0. The number of hydrogen-bond donors (Lipinski definition) is 0. The van der Waals surface area contributed by atoms with Crippen molar-refractivity contribution in [2.24, 2.45) is 172 Å². The Hall–Kier alpha value is -2.56. The Kier molecular flexibility index (Phi) is 6.04. The first-order valence-corrected chi connectivity index (χ1v) is 24.6. The zero-order chi connectivity index (χ0) is 35.7. The Balaban J connectivity index is 0.0000000662. The molecule has 0 N–H and O–H groups in total. The van der Waals surface area contributed by atoms with Crippen LogP contribution in [0.3, 0.4) is 0 Å². The van der Waals surface area contributed by atoms with Crippen LogP contribution < -0.4 is 0 Å². The minimum absolute atomic E-state index is 0.773. The van der Waals surface area contributed by atoms with Gasteiger partial charge in [-0.2, -0.15) is 0 Å². The van der Waals surface area contributed by atoms with Gasteiger partial charge in [0.05, 0.1) is 30.4 Å². The molecule has 0 aromatic rings. The standard InChI is InChI=1S/2C14H16.C9H10.C7H8.C7H7.C5H5/c2*1-2-6-3-5(1)9-10(6)12-7-4-8-13(11(7)9)14(8)12;1-2-5-6-3-7-8(4(1)6)9(5)7;2*1-2-7-4-3-6(1)5-7;1-2-4-5-3-1/h2*1-2,5-14H,3-4H2;1-2,4-9H,3H2;1-4,6-7H,5H2;1-4,6H,5H2;1-3H,4H2/q;;;;2*+1. The van der Waals surface area contributed by atoms with E-state index in [9.17, 15) is 0 Å². The molecule has 0 aromatic carbocycles. The van der Waals surface area contributed by atoms with Crippen molar-refractivity contribution >= 4 is 0 Å². The monoisotopic (exact) mass is 734 g/mol. The van der Waals surface area contributed by atoms with Crippen molar-refractivity contribution in [3.05, 3.63) is 115 Å². The molecular weight excluding hydrogens is 673 g/mol. The molecule has 24 aliphatic rings. The third-order valence-electron chi connectivity index (χ3n) is 22.6. The molecule has 4 unspecified atom stereocenters. The summed E-state index contributed by atoms with van der Waals surface area (Å²) in [7, 11) is 0. The number of allylic oxidation sites excluding steroid dienone is 18. The van der Waals surface area contributed by atoms with Crippen LogP contribution in [0.15, 0.2) is 103 Å². The van der Waals surface area contributed by atoms with Gasteiger partial charge in [0.25, 0.3) is 0 Å². The summed E-state index contributed by atoms with van der Waals surface area (Å²) in [5, 5.41) is 0. The Bertz CT molecular complexity index is 1750. The van der Waals surface area contributed by atoms with Gasteiger partial charge in [0.2, 0.25) is 0 Å². The van der Waals surface area contributed by atoms with Crippen LogP contribution >= 0.6 is 0 Å². The summed E-state index contributed by atoms with van der Waals surface area (Å²) in [5.41, 5.74) is 0. The third-order valence-corrected chi connectivity index (χ3v) is 22.6. The van der Waals surface area contributed by atoms with E-state index in [0.29, 0.717) is 0 Å². The lowest BCUT2D eigenvalue weighted by molar-refractivity contribution is 0.196. The van der Waals surface area contributed by atoms with Crippen LogP contribution in [0, 0.1) is 184 Å². The molecule has 0 spiro atoms. The van der Waals surface area contributed by atoms with Gasteiger partial charge < -0.3 is 0 Å². The number of rotatable bonds is 0. The van der Waals surface area contributed by atoms with Crippen molar-refractivity contribution in [3.8, 4) is 0 Å². The van der Waals surface area contributed by atoms with Crippen LogP contribution in [-0.2, 0) is 0 Å². The molecule has 16 fully saturated rings. The van der Waals surface area contributed by atoms with E-state index in [1.807, 2.05) is 12.2 Å². The Labute approximate surface area is 337 Å². The van der Waals surface area contributed by atoms with Crippen molar-refractivity contribution in [3.63, 3.8) is 0 Å². The maximum Gasteiger partial charge on any atom is 0.154 e. The highest BCUT2D eigenvalue weighted by Gasteiger charge is 2.83. The first-order valence-electron chi connectivity index (χ1n) is 24.6. The quantitative estimate of drug-likeness (QED) is 0.172. The average Bonchev–Trinajstić information content (AvgIpc) is 4.10. The first-order chi connectivity index (χ1) is 27.8. The lowest BCUT2D eigenvalue weighted by Crippen LogP contribution is -2.27. The molecule has 0 aliphatic heterocycles. The zero-order valence-corrected chi connectivity index (χ0v) is 33.2. The van der Waals surface area contributed by atoms with E-state index in [0.717, 1.165) is 65.6 Å². The molecule has 0 amide bonds. The third kappa shape index (κ3) is 3.89. The second-order valence-corrected chi connectivity index (χ2v) is 23.7. The Morgan fingerprint density at radius 3 is 1.02 bits per heavy atom. The maximum absolute atomic E-state index is 2.99. The summed E-state index contributed by atoms with van der Waals surface area (Å²) in [5.74, 6) is 34.7. The average molecular weight is 735 g/mol. The predicted molar refractivity (Wildman–Crippen MR) is 222 cm³/mol. The Morgan fingerprint density at radius 1 is 0.357 bits per heavy atom. The first kappa shape index (κ1) is 31.4. The molecule has 0 aromatic heterocycles. The largest absolute Gasteiger partial charge is 0.154 e. The summed E-state index contributed by atoms with van der Waals surface area (Å²) < 4.78 is 0. The van der Waals surface area contributed by atoms with Gasteiger partial charge >= 0.3 is 0 Å². The highest BCUT2D eigenvalue weighted by atomic mass is 14.9. The van der Waals surface area contributed by atoms with E-state index in [2.05, 4.69) is 97.2 Å². The molecule has 0 saturated heterocycles. The van der Waals surface area contributed by atoms with Gasteiger partial charge in [-0.1, -0.05) is 60.8 Å². The lowest BCUT2D eigenvalue weighted by atomic mass is 9.73. The fourth-order valence-corrected chi connectivity index (χ4v) is 21.6. The van der Waals surface area contributed by atoms with Gasteiger partial charge in [0, 0.05) is 30.4 Å². The van der Waals surface area contributed by atoms with Gasteiger partial charge in [0.1, 0.15) is 6.42 Å². The summed E-state index contributed by atoms with van der Waals surface area (Å²) >= 11 is 0. The fraction of sp³-hybridized carbons (Fsp3) is 0.661. The molecular formula is C56H62+2. The molecule has 0 heterocycles. The summed E-state index contributed by atoms with van der Waals surface area (Å²) in [6.07, 6.45) is 54.1. The van der Waals surface area contributed by atoms with Gasteiger partial charge in [-0.3, -0.25) is 0 Å². The van der Waals surface area contributed by atoms with Crippen molar-refractivity contribution in [2.75, 3.05) is 0 Å². The van der Waals surface area contributed by atoms with Gasteiger partial charge in [-0.25, -0.2) is 0 Å². The van der Waals surface area contributed by atoms with Crippen LogP contribution in [0.25, 0.3) is 0 Å². The van der Waals surface area contributed by atoms with Crippen molar-refractivity contribution in [1.82, 2.24) is 0 Å². The fourth-order valence-electron chi connectivity index (χ4n) is 21.6. The summed E-state index contributed by atoms with van der Waals surface area (Å²) in [6.45, 7) is 0. The van der Waals surface area contributed by atoms with Crippen LogP contribution in [0.4, 0.5) is 0 Å². The van der Waals surface area contributed by atoms with Crippen LogP contribution in [-0.4, -0.2) is 0 Å². The topological polar surface area (TPSA) is 0 Å². The van der Waals surface area contributed by atoms with Crippen molar-refractivity contribution in [2.45, 2.75) is 51.4 Å². The highest BCUT2D eigenvalue weighted by Crippen LogP contribution is 2.88. The molecule has 56 heavy (non-hydrogen) atoms. The second-order valence-electron chi connectivity index (χ2n) is 23.7. The van der Waals surface area contributed by atoms with Crippen LogP contribution in [0.5, 0.6) is 0 Å². The van der Waals surface area contributed by atoms with E-state index in [1.54, 1.807) is 32.1 Å². The van der Waals surface area contributed by atoms with Crippen LogP contribution in [0.2, 0.25) is 0 Å². The predicted octanol–water partition coefficient (Wildman–Crippen LogP) is 11.6. The van der Waals surface area contributed by atoms with E-state index in [4.69, 9.17) is 0 Å². The molecule has 26 bridgehead atoms. The minimum atomic E-state index is 0.773. The molecule has 24 aliphatic carbocycles. The van der Waals surface area contributed by atoms with E-state index >= 15 is 0 Å². The minimum Gasteiger partial charge on any atom is -0.0848 e. The van der Waals surface area contributed by atoms with Crippen molar-refractivity contribution in [1.29, 1.82) is 0 Å². The number of fused-ring (bicyclic) bond motifs is 14. The van der Waals surface area contributed by atoms with E-state index in [-0.39, 0.29) is 0 Å². The highest BCUT2D eigenvalue weighted by molar-refractivity contribution is 5.38. The van der Waals surface area contributed by atoms with Gasteiger partial charge in [-0.15, -0.1) is 0 Å². The lowest BCUT2D eigenvalue weighted by Gasteiger charge is -2.31. The molecule has 284 valence electrons. The molecule has 4 atom stereocenters. The Morgan fingerprint density at radius 2 is 0.786 bits per heavy atom. The van der Waals surface area contributed by atoms with E-state index in [1.165, 1.54) is 131 Å². The SMILES string of the molecule is C1=CC2C3CC4C(C13)C24.C1=CC2C=CC1C2.C1=CC2C=C[C+]1C2.C1=CC2CC1C1C2C2C3CC4C(C31)C42.C1=CC2CC1C1C2C2C3CC4C(C31)C42.[C+]1=CC=CC1. The maximum atomic E-state index is 2.99. The van der Waals surface area contributed by atoms with Crippen molar-refractivity contribution < 1.29 is 0 Å². The van der Waals surface area contributed by atoms with Crippen LogP contribution in [0.1, 0.15) is 51.4 Å². The second kappa shape index (κ2) is 10.8. The molecule has 0 radical (unpaired) electrons. The van der Waals surface area contributed by atoms with Gasteiger partial charge in [0.15, 0.2) is 6.08 Å². The molecule has 16 saturated carbocycles. The zero-order valence-electron chi connectivity index (χ0n) is 33.2. The van der Waals surface area contributed by atoms with Gasteiger partial charge in [-0.05, 0) is 204 Å². The normalized spacial score (nSPS) is 64.0. The summed E-state index contributed by atoms with van der Waals surface area (Å²) in [6, 6.07) is 0. The summed E-state index contributed by atoms with van der Waals surface area (Å²) in [4.78, 5) is 0.